The number of anilines is 1. The van der Waals surface area contributed by atoms with Crippen LogP contribution < -0.4 is 14.8 Å². The summed E-state index contributed by atoms with van der Waals surface area (Å²) < 4.78 is 46.7. The number of carbonyl (C=O) groups excluding carboxylic acids is 1. The van der Waals surface area contributed by atoms with Crippen molar-refractivity contribution in [3.05, 3.63) is 71.9 Å². The second-order valence-corrected chi connectivity index (χ2v) is 8.82. The summed E-state index contributed by atoms with van der Waals surface area (Å²) in [7, 11) is 1.47. The van der Waals surface area contributed by atoms with Gasteiger partial charge in [0, 0.05) is 31.4 Å². The van der Waals surface area contributed by atoms with Gasteiger partial charge in [0.25, 0.3) is 5.91 Å². The van der Waals surface area contributed by atoms with E-state index >= 15 is 0 Å². The number of halogens is 3. The van der Waals surface area contributed by atoms with E-state index in [-0.39, 0.29) is 24.7 Å². The lowest BCUT2D eigenvalue weighted by atomic mass is 9.97. The number of rotatable bonds is 8. The number of alkyl halides is 3. The van der Waals surface area contributed by atoms with Crippen molar-refractivity contribution in [1.29, 1.82) is 0 Å². The Bertz CT molecular complexity index is 1300. The zero-order chi connectivity index (χ0) is 27.3. The fourth-order valence-corrected chi connectivity index (χ4v) is 4.30. The fourth-order valence-electron chi connectivity index (χ4n) is 4.30. The maximum Gasteiger partial charge on any atom is 0.573 e. The molecular weight excluding hydrogens is 503 g/mol. The first kappa shape index (κ1) is 26.8. The van der Waals surface area contributed by atoms with Crippen molar-refractivity contribution in [3.8, 4) is 22.6 Å². The topological polar surface area (TPSA) is 101 Å². The molecule has 1 amide bonds. The van der Waals surface area contributed by atoms with Crippen molar-refractivity contribution in [3.63, 3.8) is 0 Å². The van der Waals surface area contributed by atoms with Crippen LogP contribution in [0, 0.1) is 5.92 Å². The van der Waals surface area contributed by atoms with Gasteiger partial charge in [-0.25, -0.2) is 4.98 Å². The molecule has 4 rings (SSSR count). The zero-order valence-corrected chi connectivity index (χ0v) is 20.5. The first-order valence-electron chi connectivity index (χ1n) is 11.9. The highest BCUT2D eigenvalue weighted by molar-refractivity contribution is 5.98. The van der Waals surface area contributed by atoms with E-state index in [1.807, 2.05) is 0 Å². The third-order valence-corrected chi connectivity index (χ3v) is 6.19. The Hall–Kier alpha value is -4.28. The molecule has 0 aliphatic carbocycles. The lowest BCUT2D eigenvalue weighted by Crippen LogP contribution is -2.42. The van der Waals surface area contributed by atoms with Crippen LogP contribution in [0.4, 0.5) is 19.0 Å². The van der Waals surface area contributed by atoms with Crippen molar-refractivity contribution in [2.45, 2.75) is 25.7 Å². The average molecular weight is 530 g/mol. The number of hydrogen-bond donors (Lipinski definition) is 2. The number of amides is 1. The highest BCUT2D eigenvalue weighted by atomic mass is 19.4. The number of carbonyl (C=O) groups is 2. The molecule has 0 saturated carbocycles. The van der Waals surface area contributed by atoms with Crippen LogP contribution in [-0.2, 0) is 11.3 Å². The molecular formula is C27H26F3N3O5. The van der Waals surface area contributed by atoms with Gasteiger partial charge in [0.1, 0.15) is 17.3 Å². The van der Waals surface area contributed by atoms with Crippen LogP contribution in [0.1, 0.15) is 28.8 Å². The van der Waals surface area contributed by atoms with Gasteiger partial charge in [-0.1, -0.05) is 18.2 Å². The molecule has 11 heteroatoms. The minimum absolute atomic E-state index is 0.148. The van der Waals surface area contributed by atoms with Gasteiger partial charge in [-0.15, -0.1) is 13.2 Å². The molecule has 2 aromatic carbocycles. The van der Waals surface area contributed by atoms with Gasteiger partial charge in [-0.05, 0) is 60.4 Å². The largest absolute Gasteiger partial charge is 0.573 e. The first-order chi connectivity index (χ1) is 18.1. The van der Waals surface area contributed by atoms with Crippen LogP contribution in [0.25, 0.3) is 11.1 Å². The number of ether oxygens (including phenoxy) is 2. The number of likely N-dealkylation sites (tertiary alicyclic amines) is 1. The number of pyridine rings is 1. The summed E-state index contributed by atoms with van der Waals surface area (Å²) in [5, 5.41) is 12.4. The quantitative estimate of drug-likeness (QED) is 0.413. The van der Waals surface area contributed by atoms with Crippen molar-refractivity contribution < 1.29 is 37.3 Å². The Balaban J connectivity index is 1.46. The van der Waals surface area contributed by atoms with E-state index in [0.29, 0.717) is 42.1 Å². The van der Waals surface area contributed by atoms with E-state index in [4.69, 9.17) is 4.74 Å². The molecule has 1 fully saturated rings. The van der Waals surface area contributed by atoms with Crippen molar-refractivity contribution in [1.82, 2.24) is 9.88 Å². The summed E-state index contributed by atoms with van der Waals surface area (Å²) in [6.07, 6.45) is -2.00. The molecule has 1 aromatic heterocycles. The van der Waals surface area contributed by atoms with Crippen LogP contribution in [0.5, 0.6) is 11.5 Å². The number of methoxy groups -OCH3 is 1. The van der Waals surface area contributed by atoms with Gasteiger partial charge in [0.05, 0.1) is 18.6 Å². The van der Waals surface area contributed by atoms with E-state index in [2.05, 4.69) is 15.0 Å². The number of nitrogens with one attached hydrogen (secondary N) is 1. The molecule has 200 valence electrons. The number of aromatic nitrogens is 1. The van der Waals surface area contributed by atoms with E-state index in [0.717, 1.165) is 11.1 Å². The number of nitrogens with zero attached hydrogens (tertiary/aromatic N) is 2. The zero-order valence-electron chi connectivity index (χ0n) is 20.5. The number of hydrogen-bond acceptors (Lipinski definition) is 6. The maximum atomic E-state index is 13.3. The monoisotopic (exact) mass is 529 g/mol. The molecule has 3 aromatic rings. The van der Waals surface area contributed by atoms with E-state index < -0.39 is 18.2 Å². The van der Waals surface area contributed by atoms with E-state index in [9.17, 15) is 27.9 Å². The Morgan fingerprint density at radius 1 is 1.13 bits per heavy atom. The summed E-state index contributed by atoms with van der Waals surface area (Å²) in [5.74, 6) is -1.20. The Labute approximate surface area is 217 Å². The van der Waals surface area contributed by atoms with Gasteiger partial charge in [-0.3, -0.25) is 9.59 Å². The van der Waals surface area contributed by atoms with E-state index in [1.165, 1.54) is 25.3 Å². The summed E-state index contributed by atoms with van der Waals surface area (Å²) in [5.41, 5.74) is 2.37. The molecule has 8 nitrogen and oxygen atoms in total. The molecule has 0 spiro atoms. The molecule has 2 heterocycles. The molecule has 1 unspecified atom stereocenters. The number of aliphatic carboxylic acids is 1. The maximum absolute atomic E-state index is 13.3. The van der Waals surface area contributed by atoms with Gasteiger partial charge in [0.2, 0.25) is 0 Å². The van der Waals surface area contributed by atoms with Crippen molar-refractivity contribution in [2.75, 3.05) is 25.5 Å². The Kier molecular flexibility index (Phi) is 8.04. The molecule has 1 atom stereocenters. The van der Waals surface area contributed by atoms with Gasteiger partial charge in [0.15, 0.2) is 0 Å². The molecule has 1 aliphatic rings. The molecule has 1 aliphatic heterocycles. The van der Waals surface area contributed by atoms with Crippen LogP contribution >= 0.6 is 0 Å². The van der Waals surface area contributed by atoms with Gasteiger partial charge >= 0.3 is 12.3 Å². The smallest absolute Gasteiger partial charge is 0.496 e. The highest BCUT2D eigenvalue weighted by Crippen LogP contribution is 2.30. The molecule has 2 N–H and O–H groups in total. The summed E-state index contributed by atoms with van der Waals surface area (Å²) in [4.78, 5) is 30.6. The molecule has 38 heavy (non-hydrogen) atoms. The molecule has 0 bridgehead atoms. The number of carboxylic acids is 1. The second kappa shape index (κ2) is 11.4. The normalized spacial score (nSPS) is 15.6. The lowest BCUT2D eigenvalue weighted by molar-refractivity contribution is -0.274. The molecule has 0 radical (unpaired) electrons. The van der Waals surface area contributed by atoms with Crippen LogP contribution in [0.3, 0.4) is 0 Å². The predicted molar refractivity (Wildman–Crippen MR) is 133 cm³/mol. The van der Waals surface area contributed by atoms with Gasteiger partial charge in [-0.2, -0.15) is 0 Å². The predicted octanol–water partition coefficient (Wildman–Crippen LogP) is 5.20. The highest BCUT2D eigenvalue weighted by Gasteiger charge is 2.31. The van der Waals surface area contributed by atoms with Crippen LogP contribution in [0.15, 0.2) is 60.8 Å². The summed E-state index contributed by atoms with van der Waals surface area (Å²) in [6, 6.07) is 14.4. The van der Waals surface area contributed by atoms with Crippen LogP contribution in [-0.4, -0.2) is 53.4 Å². The number of piperidine rings is 1. The first-order valence-corrected chi connectivity index (χ1v) is 11.9. The third kappa shape index (κ3) is 6.72. The van der Waals surface area contributed by atoms with Crippen LogP contribution in [0.2, 0.25) is 0 Å². The second-order valence-electron chi connectivity index (χ2n) is 8.82. The Morgan fingerprint density at radius 2 is 1.92 bits per heavy atom. The Morgan fingerprint density at radius 3 is 2.61 bits per heavy atom. The average Bonchev–Trinajstić information content (AvgIpc) is 2.91. The number of benzene rings is 2. The lowest BCUT2D eigenvalue weighted by Gasteiger charge is -2.31. The minimum atomic E-state index is -4.76. The standard InChI is InChI=1S/C27H26F3N3O5/c1-37-23-9-7-18(13-22(23)25(34)33-11-3-5-20(16-33)26(35)36)19-8-10-24(32-15-19)31-14-17-4-2-6-21(12-17)38-27(28,29)30/h2,4,6-10,12-13,15,20H,3,5,11,14,16H2,1H3,(H,31,32)(H,35,36). The van der Waals surface area contributed by atoms with Crippen molar-refractivity contribution in [2.24, 2.45) is 5.92 Å². The fraction of sp³-hybridized carbons (Fsp3) is 0.296. The SMILES string of the molecule is COc1ccc(-c2ccc(NCc3cccc(OC(F)(F)F)c3)nc2)cc1C(=O)N1CCCC(C(=O)O)C1. The third-order valence-electron chi connectivity index (χ3n) is 6.19. The molecule has 1 saturated heterocycles. The van der Waals surface area contributed by atoms with Crippen molar-refractivity contribution >= 4 is 17.7 Å². The minimum Gasteiger partial charge on any atom is -0.496 e. The van der Waals surface area contributed by atoms with Gasteiger partial charge < -0.3 is 24.8 Å². The number of carboxylic acid groups (broad SMARTS) is 1. The summed E-state index contributed by atoms with van der Waals surface area (Å²) >= 11 is 0. The van der Waals surface area contributed by atoms with E-state index in [1.54, 1.807) is 47.5 Å². The summed E-state index contributed by atoms with van der Waals surface area (Å²) in [6.45, 7) is 0.855.